The van der Waals surface area contributed by atoms with Gasteiger partial charge in [0.2, 0.25) is 0 Å². The lowest BCUT2D eigenvalue weighted by atomic mass is 10.1. The molecule has 1 aliphatic rings. The number of aliphatic hydroxyl groups is 1. The van der Waals surface area contributed by atoms with E-state index in [2.05, 4.69) is 22.8 Å². The summed E-state index contributed by atoms with van der Waals surface area (Å²) in [5.74, 6) is 0.299. The molecule has 92 valence electrons. The van der Waals surface area contributed by atoms with Crippen LogP contribution in [0.3, 0.4) is 0 Å². The fraction of sp³-hybridized carbons (Fsp3) is 0.750. The topological polar surface area (TPSA) is 61.4 Å². The van der Waals surface area contributed by atoms with Gasteiger partial charge in [0.1, 0.15) is 0 Å². The standard InChI is InChI=1S/C12H22N2O2/c1-9(7-10(2)15)8-13-12(16)14-11-5-3-4-6-11/h3-4,9-11,15H,5-8H2,1-2H3,(H2,13,14,16). The van der Waals surface area contributed by atoms with E-state index < -0.39 is 0 Å². The first-order valence-electron chi connectivity index (χ1n) is 5.95. The highest BCUT2D eigenvalue weighted by Gasteiger charge is 2.13. The summed E-state index contributed by atoms with van der Waals surface area (Å²) in [6.07, 6.45) is 6.43. The van der Waals surface area contributed by atoms with E-state index in [4.69, 9.17) is 0 Å². The first kappa shape index (κ1) is 13.0. The summed E-state index contributed by atoms with van der Waals surface area (Å²) < 4.78 is 0. The van der Waals surface area contributed by atoms with Crippen LogP contribution in [-0.4, -0.2) is 29.8 Å². The lowest BCUT2D eigenvalue weighted by Crippen LogP contribution is -2.42. The van der Waals surface area contributed by atoms with E-state index in [1.54, 1.807) is 6.92 Å². The maximum atomic E-state index is 11.5. The van der Waals surface area contributed by atoms with Crippen molar-refractivity contribution in [3.05, 3.63) is 12.2 Å². The average Bonchev–Trinajstić information content (AvgIpc) is 2.66. The predicted octanol–water partition coefficient (Wildman–Crippen LogP) is 1.41. The molecule has 4 nitrogen and oxygen atoms in total. The summed E-state index contributed by atoms with van der Waals surface area (Å²) in [7, 11) is 0. The third kappa shape index (κ3) is 5.16. The van der Waals surface area contributed by atoms with E-state index in [0.29, 0.717) is 18.9 Å². The van der Waals surface area contributed by atoms with Gasteiger partial charge in [-0.3, -0.25) is 0 Å². The molecule has 1 aliphatic carbocycles. The van der Waals surface area contributed by atoms with Gasteiger partial charge in [0.05, 0.1) is 6.10 Å². The summed E-state index contributed by atoms with van der Waals surface area (Å²) >= 11 is 0. The monoisotopic (exact) mass is 226 g/mol. The molecule has 0 aromatic rings. The van der Waals surface area contributed by atoms with Crippen molar-refractivity contribution in [1.82, 2.24) is 10.6 Å². The highest BCUT2D eigenvalue weighted by atomic mass is 16.3. The zero-order valence-electron chi connectivity index (χ0n) is 10.1. The van der Waals surface area contributed by atoms with Crippen LogP contribution in [0.25, 0.3) is 0 Å². The van der Waals surface area contributed by atoms with E-state index in [0.717, 1.165) is 12.8 Å². The van der Waals surface area contributed by atoms with Gasteiger partial charge < -0.3 is 15.7 Å². The molecule has 0 bridgehead atoms. The molecule has 4 heteroatoms. The van der Waals surface area contributed by atoms with Crippen LogP contribution in [0.4, 0.5) is 4.79 Å². The van der Waals surface area contributed by atoms with Crippen LogP contribution in [0.5, 0.6) is 0 Å². The molecule has 0 aromatic heterocycles. The molecule has 2 amide bonds. The number of amides is 2. The number of carbonyl (C=O) groups is 1. The minimum Gasteiger partial charge on any atom is -0.393 e. The van der Waals surface area contributed by atoms with E-state index in [9.17, 15) is 9.90 Å². The van der Waals surface area contributed by atoms with Crippen LogP contribution in [0.15, 0.2) is 12.2 Å². The fourth-order valence-corrected chi connectivity index (χ4v) is 1.90. The van der Waals surface area contributed by atoms with Crippen LogP contribution >= 0.6 is 0 Å². The number of nitrogens with one attached hydrogen (secondary N) is 2. The third-order valence-corrected chi connectivity index (χ3v) is 2.70. The number of urea groups is 1. The van der Waals surface area contributed by atoms with Gasteiger partial charge in [-0.2, -0.15) is 0 Å². The molecule has 0 saturated heterocycles. The van der Waals surface area contributed by atoms with E-state index in [1.165, 1.54) is 0 Å². The van der Waals surface area contributed by atoms with Gasteiger partial charge in [-0.25, -0.2) is 4.79 Å². The van der Waals surface area contributed by atoms with Crippen molar-refractivity contribution >= 4 is 6.03 Å². The van der Waals surface area contributed by atoms with Crippen molar-refractivity contribution in [2.75, 3.05) is 6.54 Å². The van der Waals surface area contributed by atoms with Gasteiger partial charge in [-0.1, -0.05) is 19.1 Å². The first-order valence-corrected chi connectivity index (χ1v) is 5.95. The normalized spacial score (nSPS) is 19.4. The summed E-state index contributed by atoms with van der Waals surface area (Å²) in [6, 6.07) is 0.151. The second-order valence-corrected chi connectivity index (χ2v) is 4.68. The maximum absolute atomic E-state index is 11.5. The first-order chi connectivity index (χ1) is 7.58. The fourth-order valence-electron chi connectivity index (χ4n) is 1.90. The molecule has 0 aromatic carbocycles. The molecule has 2 unspecified atom stereocenters. The molecule has 3 N–H and O–H groups in total. The van der Waals surface area contributed by atoms with Crippen molar-refractivity contribution in [2.24, 2.45) is 5.92 Å². The van der Waals surface area contributed by atoms with Gasteiger partial charge in [-0.05, 0) is 32.1 Å². The Morgan fingerprint density at radius 3 is 2.62 bits per heavy atom. The van der Waals surface area contributed by atoms with Crippen molar-refractivity contribution in [2.45, 2.75) is 45.3 Å². The molecule has 0 radical (unpaired) electrons. The number of hydrogen-bond donors (Lipinski definition) is 3. The lowest BCUT2D eigenvalue weighted by molar-refractivity contribution is 0.163. The molecular formula is C12H22N2O2. The van der Waals surface area contributed by atoms with Crippen molar-refractivity contribution < 1.29 is 9.90 Å². The zero-order valence-corrected chi connectivity index (χ0v) is 10.1. The minimum absolute atomic E-state index is 0.105. The van der Waals surface area contributed by atoms with Gasteiger partial charge in [-0.15, -0.1) is 0 Å². The van der Waals surface area contributed by atoms with Crippen LogP contribution in [0.2, 0.25) is 0 Å². The Balaban J connectivity index is 2.09. The molecule has 2 atom stereocenters. The number of aliphatic hydroxyl groups excluding tert-OH is 1. The van der Waals surface area contributed by atoms with E-state index >= 15 is 0 Å². The summed E-state index contributed by atoms with van der Waals surface area (Å²) in [5, 5.41) is 14.9. The molecule has 1 rings (SSSR count). The number of rotatable bonds is 5. The van der Waals surface area contributed by atoms with Crippen LogP contribution in [-0.2, 0) is 0 Å². The molecule has 0 heterocycles. The number of carbonyl (C=O) groups excluding carboxylic acids is 1. The Labute approximate surface area is 97.1 Å². The SMILES string of the molecule is CC(O)CC(C)CNC(=O)NC1CC=CC1. The highest BCUT2D eigenvalue weighted by molar-refractivity contribution is 5.74. The molecule has 0 saturated carbocycles. The molecule has 0 aliphatic heterocycles. The molecule has 0 fully saturated rings. The van der Waals surface area contributed by atoms with Gasteiger partial charge in [0.15, 0.2) is 0 Å². The van der Waals surface area contributed by atoms with Gasteiger partial charge >= 0.3 is 6.03 Å². The van der Waals surface area contributed by atoms with Crippen molar-refractivity contribution in [1.29, 1.82) is 0 Å². The second-order valence-electron chi connectivity index (χ2n) is 4.68. The van der Waals surface area contributed by atoms with Crippen LogP contribution in [0, 0.1) is 5.92 Å². The number of hydrogen-bond acceptors (Lipinski definition) is 2. The molecular weight excluding hydrogens is 204 g/mol. The Hall–Kier alpha value is -1.03. The van der Waals surface area contributed by atoms with Gasteiger partial charge in [0, 0.05) is 12.6 Å². The van der Waals surface area contributed by atoms with E-state index in [1.807, 2.05) is 6.92 Å². The van der Waals surface area contributed by atoms with Gasteiger partial charge in [0.25, 0.3) is 0 Å². The van der Waals surface area contributed by atoms with Crippen molar-refractivity contribution in [3.63, 3.8) is 0 Å². The summed E-state index contributed by atoms with van der Waals surface area (Å²) in [4.78, 5) is 11.5. The second kappa shape index (κ2) is 6.53. The zero-order chi connectivity index (χ0) is 12.0. The lowest BCUT2D eigenvalue weighted by Gasteiger charge is -2.16. The highest BCUT2D eigenvalue weighted by Crippen LogP contribution is 2.08. The third-order valence-electron chi connectivity index (χ3n) is 2.70. The van der Waals surface area contributed by atoms with E-state index in [-0.39, 0.29) is 18.2 Å². The Kier molecular flexibility index (Phi) is 5.32. The minimum atomic E-state index is -0.307. The average molecular weight is 226 g/mol. The molecule has 16 heavy (non-hydrogen) atoms. The Morgan fingerprint density at radius 2 is 2.06 bits per heavy atom. The smallest absolute Gasteiger partial charge is 0.315 e. The predicted molar refractivity (Wildman–Crippen MR) is 64.2 cm³/mol. The largest absolute Gasteiger partial charge is 0.393 e. The summed E-state index contributed by atoms with van der Waals surface area (Å²) in [5.41, 5.74) is 0. The summed E-state index contributed by atoms with van der Waals surface area (Å²) in [6.45, 7) is 4.39. The van der Waals surface area contributed by atoms with Crippen LogP contribution in [0.1, 0.15) is 33.1 Å². The maximum Gasteiger partial charge on any atom is 0.315 e. The Bertz CT molecular complexity index is 243. The van der Waals surface area contributed by atoms with Crippen LogP contribution < -0.4 is 10.6 Å². The Morgan fingerprint density at radius 1 is 1.44 bits per heavy atom. The quantitative estimate of drug-likeness (QED) is 0.621. The molecule has 0 spiro atoms. The van der Waals surface area contributed by atoms with Crippen molar-refractivity contribution in [3.8, 4) is 0 Å².